The zero-order chi connectivity index (χ0) is 14.8. The van der Waals surface area contributed by atoms with Crippen LogP contribution in [-0.4, -0.2) is 73.8 Å². The third-order valence-corrected chi connectivity index (χ3v) is 4.86. The van der Waals surface area contributed by atoms with Crippen LogP contribution in [0.3, 0.4) is 0 Å². The summed E-state index contributed by atoms with van der Waals surface area (Å²) in [4.78, 5) is 4.20. The molecule has 8 heteroatoms. The van der Waals surface area contributed by atoms with E-state index in [4.69, 9.17) is 0 Å². The minimum atomic E-state index is -1.21. The number of rotatable bonds is 0. The van der Waals surface area contributed by atoms with Gasteiger partial charge in [0.05, 0.1) is 0 Å². The van der Waals surface area contributed by atoms with Crippen molar-refractivity contribution in [3.05, 3.63) is 0 Å². The van der Waals surface area contributed by atoms with Crippen LogP contribution in [0.1, 0.15) is 25.7 Å². The van der Waals surface area contributed by atoms with E-state index in [0.717, 1.165) is 58.7 Å². The van der Waals surface area contributed by atoms with Crippen molar-refractivity contribution in [1.82, 2.24) is 20.4 Å². The number of hydrogen-bond acceptors (Lipinski definition) is 4. The molecule has 0 spiro atoms. The Hall–Kier alpha value is 1.06. The Labute approximate surface area is 159 Å². The summed E-state index contributed by atoms with van der Waals surface area (Å²) < 4.78 is 13.3. The van der Waals surface area contributed by atoms with Crippen LogP contribution in [-0.2, 0) is 20.4 Å². The Morgan fingerprint density at radius 3 is 2.09 bits per heavy atom. The average Bonchev–Trinajstić information content (AvgIpc) is 2.39. The summed E-state index contributed by atoms with van der Waals surface area (Å²) in [5, 5.41) is 6.80. The standard InChI is InChI=1S/C14H30FN4.2ClH.Ti/c1-18-11-4-9-16-7-3-8-17-10-6-14(15)19(2)13-5-12-18;;;/h16-17H,3-13H2,1-2H3;2*1H;/q;;;+2/p-2. The molecule has 0 amide bonds. The van der Waals surface area contributed by atoms with Gasteiger partial charge in [0, 0.05) is 0 Å². The SMILES string of the molecule is CN1CCCNCCCNCC[C](F)([Ti+2])N(C)CCC1.[Cl-].[Cl-]. The van der Waals surface area contributed by atoms with Crippen molar-refractivity contribution in [1.29, 1.82) is 0 Å². The van der Waals surface area contributed by atoms with Gasteiger partial charge in [-0.1, -0.05) is 0 Å². The second kappa shape index (κ2) is 14.4. The summed E-state index contributed by atoms with van der Waals surface area (Å²) >= 11 is 1.70. The largest absolute Gasteiger partial charge is 1.00 e. The Bertz CT molecular complexity index is 263. The third-order valence-electron chi connectivity index (χ3n) is 3.87. The van der Waals surface area contributed by atoms with Crippen LogP contribution in [0.15, 0.2) is 0 Å². The molecular weight excluding hydrogens is 362 g/mol. The van der Waals surface area contributed by atoms with E-state index in [9.17, 15) is 4.39 Å². The van der Waals surface area contributed by atoms with Crippen LogP contribution in [0, 0.1) is 0 Å². The second-order valence-electron chi connectivity index (χ2n) is 5.79. The van der Waals surface area contributed by atoms with Gasteiger partial charge in [0.15, 0.2) is 0 Å². The molecule has 4 nitrogen and oxygen atoms in total. The quantitative estimate of drug-likeness (QED) is 0.319. The molecule has 0 aromatic rings. The molecule has 131 valence electrons. The molecule has 0 radical (unpaired) electrons. The summed E-state index contributed by atoms with van der Waals surface area (Å²) in [6, 6.07) is 0. The molecule has 1 atom stereocenters. The van der Waals surface area contributed by atoms with Crippen molar-refractivity contribution >= 4 is 0 Å². The van der Waals surface area contributed by atoms with E-state index in [1.165, 1.54) is 6.42 Å². The van der Waals surface area contributed by atoms with Gasteiger partial charge in [0.2, 0.25) is 0 Å². The number of halogens is 3. The first-order valence-corrected chi connectivity index (χ1v) is 8.55. The van der Waals surface area contributed by atoms with Crippen molar-refractivity contribution in [3.63, 3.8) is 0 Å². The Morgan fingerprint density at radius 2 is 1.41 bits per heavy atom. The molecule has 0 aromatic heterocycles. The van der Waals surface area contributed by atoms with Crippen molar-refractivity contribution < 1.29 is 49.6 Å². The number of hydrogen-bond donors (Lipinski definition) is 2. The predicted molar refractivity (Wildman–Crippen MR) is 78.2 cm³/mol. The summed E-state index contributed by atoms with van der Waals surface area (Å²) in [7, 11) is 4.05. The molecule has 0 aromatic carbocycles. The molecule has 0 bridgehead atoms. The topological polar surface area (TPSA) is 30.5 Å². The maximum Gasteiger partial charge on any atom is -1.00 e. The van der Waals surface area contributed by atoms with Crippen molar-refractivity contribution in [2.45, 2.75) is 29.8 Å². The molecule has 1 heterocycles. The van der Waals surface area contributed by atoms with E-state index >= 15 is 0 Å². The van der Waals surface area contributed by atoms with Gasteiger partial charge in [0.1, 0.15) is 0 Å². The molecule has 0 saturated carbocycles. The molecular formula is C14H30Cl2FN4Ti. The molecule has 1 aliphatic rings. The first-order chi connectivity index (χ1) is 9.52. The van der Waals surface area contributed by atoms with Gasteiger partial charge in [-0.05, 0) is 0 Å². The molecule has 22 heavy (non-hydrogen) atoms. The van der Waals surface area contributed by atoms with E-state index in [2.05, 4.69) is 22.6 Å². The van der Waals surface area contributed by atoms with Crippen LogP contribution in [0.4, 0.5) is 4.39 Å². The fourth-order valence-corrected chi connectivity index (χ4v) is 2.74. The smallest absolute Gasteiger partial charge is 1.00 e. The molecule has 1 rings (SSSR count). The van der Waals surface area contributed by atoms with Gasteiger partial charge >= 0.3 is 135 Å². The van der Waals surface area contributed by atoms with E-state index in [1.807, 2.05) is 11.9 Å². The fourth-order valence-electron chi connectivity index (χ4n) is 2.37. The first-order valence-electron chi connectivity index (χ1n) is 7.77. The van der Waals surface area contributed by atoms with Gasteiger partial charge in [-0.25, -0.2) is 0 Å². The van der Waals surface area contributed by atoms with E-state index in [1.54, 1.807) is 20.4 Å². The first kappa shape index (κ1) is 25.3. The van der Waals surface area contributed by atoms with Gasteiger partial charge in [-0.3, -0.25) is 0 Å². The third kappa shape index (κ3) is 11.6. The number of alkyl halides is 1. The second-order valence-corrected chi connectivity index (χ2v) is 6.99. The van der Waals surface area contributed by atoms with Crippen LogP contribution in [0.5, 0.6) is 0 Å². The van der Waals surface area contributed by atoms with Gasteiger partial charge < -0.3 is 24.8 Å². The Morgan fingerprint density at radius 1 is 0.864 bits per heavy atom. The molecule has 0 aliphatic carbocycles. The number of nitrogens with zero attached hydrogens (tertiary/aromatic N) is 2. The monoisotopic (exact) mass is 391 g/mol. The fraction of sp³-hybridized carbons (Fsp3) is 1.00. The summed E-state index contributed by atoms with van der Waals surface area (Å²) in [6.07, 6.45) is 3.86. The molecule has 1 unspecified atom stereocenters. The normalized spacial score (nSPS) is 28.4. The van der Waals surface area contributed by atoms with Crippen molar-refractivity contribution in [3.8, 4) is 0 Å². The van der Waals surface area contributed by atoms with Crippen molar-refractivity contribution in [2.24, 2.45) is 0 Å². The maximum atomic E-state index is 14.5. The summed E-state index contributed by atoms with van der Waals surface area (Å²) in [5.74, 6) is 0. The van der Waals surface area contributed by atoms with Crippen LogP contribution < -0.4 is 35.4 Å². The molecule has 1 aliphatic heterocycles. The predicted octanol–water partition coefficient (Wildman–Crippen LogP) is -5.22. The Kier molecular flexibility index (Phi) is 16.6. The minimum Gasteiger partial charge on any atom is -1.00 e. The molecule has 1 fully saturated rings. The zero-order valence-corrected chi connectivity index (χ0v) is 16.9. The molecule has 1 saturated heterocycles. The van der Waals surface area contributed by atoms with Gasteiger partial charge in [-0.2, -0.15) is 0 Å². The van der Waals surface area contributed by atoms with Crippen molar-refractivity contribution in [2.75, 3.05) is 59.9 Å². The molecule has 2 N–H and O–H groups in total. The van der Waals surface area contributed by atoms with Crippen LogP contribution in [0.25, 0.3) is 0 Å². The zero-order valence-electron chi connectivity index (χ0n) is 13.8. The van der Waals surface area contributed by atoms with Crippen LogP contribution >= 0.6 is 0 Å². The maximum absolute atomic E-state index is 14.5. The average molecular weight is 392 g/mol. The summed E-state index contributed by atoms with van der Waals surface area (Å²) in [6.45, 7) is 6.82. The van der Waals surface area contributed by atoms with E-state index in [0.29, 0.717) is 6.42 Å². The van der Waals surface area contributed by atoms with E-state index in [-0.39, 0.29) is 24.8 Å². The van der Waals surface area contributed by atoms with Crippen LogP contribution in [0.2, 0.25) is 0 Å². The minimum absolute atomic E-state index is 0. The van der Waals surface area contributed by atoms with E-state index < -0.39 is 4.10 Å². The number of nitrogens with one attached hydrogen (secondary N) is 2. The van der Waals surface area contributed by atoms with Gasteiger partial charge in [-0.15, -0.1) is 0 Å². The van der Waals surface area contributed by atoms with Gasteiger partial charge in [0.25, 0.3) is 0 Å². The summed E-state index contributed by atoms with van der Waals surface area (Å²) in [5.41, 5.74) is 0. The Balaban J connectivity index is 0.